The quantitative estimate of drug-likeness (QED) is 0.205. The fourth-order valence-electron chi connectivity index (χ4n) is 5.07. The molecule has 1 unspecified atom stereocenters. The van der Waals surface area contributed by atoms with Gasteiger partial charge < -0.3 is 19.5 Å². The Balaban J connectivity index is 1.89. The highest BCUT2D eigenvalue weighted by Crippen LogP contribution is 2.42. The first-order valence-corrected chi connectivity index (χ1v) is 13.5. The van der Waals surface area contributed by atoms with Gasteiger partial charge in [0.2, 0.25) is 0 Å². The lowest BCUT2D eigenvalue weighted by atomic mass is 9.84. The molecule has 3 aromatic rings. The van der Waals surface area contributed by atoms with E-state index in [1.807, 2.05) is 82.3 Å². The van der Waals surface area contributed by atoms with Crippen molar-refractivity contribution >= 4 is 17.4 Å². The van der Waals surface area contributed by atoms with E-state index in [2.05, 4.69) is 20.8 Å². The predicted molar refractivity (Wildman–Crippen MR) is 158 cm³/mol. The van der Waals surface area contributed by atoms with Crippen molar-refractivity contribution in [3.63, 3.8) is 0 Å². The molecular weight excluding hydrogens is 502 g/mol. The van der Waals surface area contributed by atoms with Crippen molar-refractivity contribution in [2.75, 3.05) is 7.11 Å². The Morgan fingerprint density at radius 1 is 0.900 bits per heavy atom. The topological polar surface area (TPSA) is 76.1 Å². The molecule has 1 N–H and O–H groups in total. The number of amides is 1. The van der Waals surface area contributed by atoms with E-state index in [1.165, 1.54) is 4.90 Å². The Labute approximate surface area is 237 Å². The number of methoxy groups -OCH3 is 1. The maximum absolute atomic E-state index is 13.6. The van der Waals surface area contributed by atoms with Crippen molar-refractivity contribution in [3.05, 3.63) is 100 Å². The summed E-state index contributed by atoms with van der Waals surface area (Å²) in [6, 6.07) is 19.8. The van der Waals surface area contributed by atoms with E-state index >= 15 is 0 Å². The van der Waals surface area contributed by atoms with Crippen LogP contribution in [0.5, 0.6) is 11.5 Å². The van der Waals surface area contributed by atoms with Gasteiger partial charge in [0.15, 0.2) is 0 Å². The Hall–Kier alpha value is -4.06. The van der Waals surface area contributed by atoms with E-state index in [1.54, 1.807) is 19.2 Å². The molecule has 1 aliphatic rings. The van der Waals surface area contributed by atoms with E-state index < -0.39 is 23.3 Å². The van der Waals surface area contributed by atoms with Gasteiger partial charge in [0, 0.05) is 16.7 Å². The number of Topliss-reactive ketones (excluding diaryl/α,β-unsaturated/α-hetero) is 1. The molecule has 0 radical (unpaired) electrons. The number of hydrogen-bond acceptors (Lipinski definition) is 5. The third kappa shape index (κ3) is 5.91. The normalized spacial score (nSPS) is 17.3. The van der Waals surface area contributed by atoms with Gasteiger partial charge in [0.05, 0.1) is 25.3 Å². The van der Waals surface area contributed by atoms with Gasteiger partial charge in [-0.05, 0) is 62.9 Å². The molecule has 0 aromatic heterocycles. The molecule has 1 atom stereocenters. The van der Waals surface area contributed by atoms with Gasteiger partial charge in [-0.25, -0.2) is 0 Å². The van der Waals surface area contributed by atoms with Crippen LogP contribution < -0.4 is 9.47 Å². The number of hydrogen-bond donors (Lipinski definition) is 1. The molecule has 210 valence electrons. The zero-order chi connectivity index (χ0) is 29.4. The highest BCUT2D eigenvalue weighted by atomic mass is 16.5. The lowest BCUT2D eigenvalue weighted by Crippen LogP contribution is -2.30. The van der Waals surface area contributed by atoms with E-state index in [0.29, 0.717) is 17.1 Å². The molecule has 1 amide bonds. The van der Waals surface area contributed by atoms with E-state index in [-0.39, 0.29) is 23.3 Å². The van der Waals surface area contributed by atoms with Crippen molar-refractivity contribution in [1.29, 1.82) is 0 Å². The molecule has 6 heteroatoms. The number of ether oxygens (including phenoxy) is 2. The number of benzene rings is 3. The van der Waals surface area contributed by atoms with Crippen molar-refractivity contribution < 1.29 is 24.2 Å². The number of carbonyl (C=O) groups excluding carboxylic acids is 2. The second-order valence-corrected chi connectivity index (χ2v) is 12.3. The minimum atomic E-state index is -0.775. The van der Waals surface area contributed by atoms with E-state index in [0.717, 1.165) is 22.3 Å². The van der Waals surface area contributed by atoms with Crippen LogP contribution in [0.1, 0.15) is 75.4 Å². The largest absolute Gasteiger partial charge is 0.507 e. The SMILES string of the molecule is COc1ccc(/C(O)=C2/C(=O)C(=O)N(Cc3ccccc3OC(C)(C)C)C2c2cccc(C)c2)cc1C(C)(C)C. The molecule has 0 spiro atoms. The molecule has 0 bridgehead atoms. The van der Waals surface area contributed by atoms with Crippen LogP contribution in [-0.2, 0) is 21.5 Å². The number of likely N-dealkylation sites (tertiary alicyclic amines) is 1. The second-order valence-electron chi connectivity index (χ2n) is 12.3. The second kappa shape index (κ2) is 10.8. The number of ketones is 1. The standard InChI is InChI=1S/C34H39NO5/c1-21-12-11-14-22(18-21)29-28(30(36)23-16-17-27(39-8)25(19-23)33(2,3)4)31(37)32(38)35(29)20-24-13-9-10-15-26(24)40-34(5,6)7/h9-19,29,36H,20H2,1-8H3/b30-28-. The van der Waals surface area contributed by atoms with Crippen LogP contribution in [0.25, 0.3) is 5.76 Å². The number of aryl methyl sites for hydroxylation is 1. The van der Waals surface area contributed by atoms with Crippen molar-refractivity contribution in [1.82, 2.24) is 4.90 Å². The molecule has 40 heavy (non-hydrogen) atoms. The van der Waals surface area contributed by atoms with Crippen LogP contribution in [0, 0.1) is 6.92 Å². The molecule has 3 aromatic carbocycles. The predicted octanol–water partition coefficient (Wildman–Crippen LogP) is 7.10. The minimum absolute atomic E-state index is 0.0647. The van der Waals surface area contributed by atoms with Crippen molar-refractivity contribution in [3.8, 4) is 11.5 Å². The molecule has 1 fully saturated rings. The van der Waals surface area contributed by atoms with E-state index in [4.69, 9.17) is 9.47 Å². The summed E-state index contributed by atoms with van der Waals surface area (Å²) in [5.41, 5.74) is 3.19. The van der Waals surface area contributed by atoms with Crippen LogP contribution in [-0.4, -0.2) is 34.4 Å². The van der Waals surface area contributed by atoms with E-state index in [9.17, 15) is 14.7 Å². The summed E-state index contributed by atoms with van der Waals surface area (Å²) in [6.07, 6.45) is 0. The molecule has 0 aliphatic carbocycles. The first kappa shape index (κ1) is 28.9. The minimum Gasteiger partial charge on any atom is -0.507 e. The van der Waals surface area contributed by atoms with Gasteiger partial charge in [-0.15, -0.1) is 0 Å². The summed E-state index contributed by atoms with van der Waals surface area (Å²) in [4.78, 5) is 28.8. The number of aliphatic hydroxyl groups is 1. The fourth-order valence-corrected chi connectivity index (χ4v) is 5.07. The van der Waals surface area contributed by atoms with Gasteiger partial charge in [0.25, 0.3) is 11.7 Å². The first-order chi connectivity index (χ1) is 18.7. The highest BCUT2D eigenvalue weighted by molar-refractivity contribution is 6.46. The van der Waals surface area contributed by atoms with Gasteiger partial charge in [-0.2, -0.15) is 0 Å². The zero-order valence-corrected chi connectivity index (χ0v) is 24.7. The maximum atomic E-state index is 13.6. The lowest BCUT2D eigenvalue weighted by Gasteiger charge is -2.28. The third-order valence-electron chi connectivity index (χ3n) is 6.91. The summed E-state index contributed by atoms with van der Waals surface area (Å²) in [5.74, 6) is -0.255. The van der Waals surface area contributed by atoms with Crippen LogP contribution in [0.3, 0.4) is 0 Å². The number of para-hydroxylation sites is 1. The van der Waals surface area contributed by atoms with Crippen LogP contribution in [0.4, 0.5) is 0 Å². The summed E-state index contributed by atoms with van der Waals surface area (Å²) in [6.45, 7) is 14.1. The average molecular weight is 542 g/mol. The maximum Gasteiger partial charge on any atom is 0.295 e. The van der Waals surface area contributed by atoms with Gasteiger partial charge in [0.1, 0.15) is 22.9 Å². The summed E-state index contributed by atoms with van der Waals surface area (Å²) in [5, 5.41) is 11.7. The fraction of sp³-hybridized carbons (Fsp3) is 0.353. The zero-order valence-electron chi connectivity index (χ0n) is 24.7. The Bertz CT molecular complexity index is 1470. The average Bonchev–Trinajstić information content (AvgIpc) is 3.12. The molecule has 1 saturated heterocycles. The molecule has 1 aliphatic heterocycles. The monoisotopic (exact) mass is 541 g/mol. The number of nitrogens with zero attached hydrogens (tertiary/aromatic N) is 1. The number of aliphatic hydroxyl groups excluding tert-OH is 1. The van der Waals surface area contributed by atoms with Crippen LogP contribution in [0.2, 0.25) is 0 Å². The first-order valence-electron chi connectivity index (χ1n) is 13.5. The molecule has 0 saturated carbocycles. The molecular formula is C34H39NO5. The molecule has 1 heterocycles. The highest BCUT2D eigenvalue weighted by Gasteiger charge is 2.46. The van der Waals surface area contributed by atoms with Crippen molar-refractivity contribution in [2.24, 2.45) is 0 Å². The van der Waals surface area contributed by atoms with Crippen LogP contribution >= 0.6 is 0 Å². The molecule has 6 nitrogen and oxygen atoms in total. The Morgan fingerprint density at radius 3 is 2.23 bits per heavy atom. The third-order valence-corrected chi connectivity index (χ3v) is 6.91. The van der Waals surface area contributed by atoms with Gasteiger partial charge in [-0.1, -0.05) is 68.8 Å². The van der Waals surface area contributed by atoms with Crippen molar-refractivity contribution in [2.45, 2.75) is 72.1 Å². The number of carbonyl (C=O) groups is 2. The van der Waals surface area contributed by atoms with Gasteiger partial charge >= 0.3 is 0 Å². The summed E-state index contributed by atoms with van der Waals surface area (Å²) < 4.78 is 11.7. The molecule has 4 rings (SSSR count). The Kier molecular flexibility index (Phi) is 7.84. The smallest absolute Gasteiger partial charge is 0.295 e. The Morgan fingerprint density at radius 2 is 1.60 bits per heavy atom. The summed E-state index contributed by atoms with van der Waals surface area (Å²) >= 11 is 0. The summed E-state index contributed by atoms with van der Waals surface area (Å²) in [7, 11) is 1.61. The number of rotatable bonds is 6. The van der Waals surface area contributed by atoms with Crippen LogP contribution in [0.15, 0.2) is 72.3 Å². The van der Waals surface area contributed by atoms with Gasteiger partial charge in [-0.3, -0.25) is 9.59 Å². The lowest BCUT2D eigenvalue weighted by molar-refractivity contribution is -0.140.